The molecule has 0 bridgehead atoms. The zero-order valence-electron chi connectivity index (χ0n) is 16.4. The number of rotatable bonds is 9. The normalized spacial score (nSPS) is 11.4. The second-order valence-corrected chi connectivity index (χ2v) is 6.19. The number of hydrogen-bond donors (Lipinski definition) is 0. The third-order valence-corrected chi connectivity index (χ3v) is 4.52. The summed E-state index contributed by atoms with van der Waals surface area (Å²) in [6.07, 6.45) is 2.57. The van der Waals surface area contributed by atoms with E-state index in [4.69, 9.17) is 14.2 Å². The second kappa shape index (κ2) is 9.67. The average molecular weight is 369 g/mol. The molecule has 0 aliphatic rings. The van der Waals surface area contributed by atoms with Crippen LogP contribution in [0.4, 0.5) is 0 Å². The van der Waals surface area contributed by atoms with Crippen LogP contribution in [0.2, 0.25) is 0 Å². The number of para-hydroxylation sites is 1. The molecule has 1 atom stereocenters. The molecule has 0 saturated heterocycles. The largest absolute Gasteiger partial charge is 0.496 e. The number of amides is 1. The van der Waals surface area contributed by atoms with Crippen LogP contribution in [0.15, 0.2) is 55.1 Å². The van der Waals surface area contributed by atoms with Gasteiger partial charge in [-0.25, -0.2) is 0 Å². The van der Waals surface area contributed by atoms with Crippen molar-refractivity contribution in [2.24, 2.45) is 0 Å². The summed E-state index contributed by atoms with van der Waals surface area (Å²) in [5.41, 5.74) is 2.02. The Morgan fingerprint density at radius 1 is 1.11 bits per heavy atom. The van der Waals surface area contributed by atoms with Crippen molar-refractivity contribution >= 4 is 5.91 Å². The van der Waals surface area contributed by atoms with Gasteiger partial charge in [-0.05, 0) is 37.1 Å². The van der Waals surface area contributed by atoms with Gasteiger partial charge in [-0.15, -0.1) is 6.58 Å². The zero-order valence-corrected chi connectivity index (χ0v) is 16.4. The van der Waals surface area contributed by atoms with E-state index in [0.29, 0.717) is 11.5 Å². The molecule has 0 N–H and O–H groups in total. The van der Waals surface area contributed by atoms with Gasteiger partial charge in [-0.1, -0.05) is 30.3 Å². The maximum Gasteiger partial charge on any atom is 0.260 e. The highest BCUT2D eigenvalue weighted by atomic mass is 16.5. The molecule has 0 aromatic heterocycles. The van der Waals surface area contributed by atoms with E-state index in [9.17, 15) is 4.79 Å². The molecular weight excluding hydrogens is 342 g/mol. The van der Waals surface area contributed by atoms with Gasteiger partial charge in [0.25, 0.3) is 5.91 Å². The number of nitrogens with zero attached hydrogens (tertiary/aromatic N) is 1. The molecule has 0 aliphatic carbocycles. The minimum atomic E-state index is -0.144. The molecule has 2 rings (SSSR count). The summed E-state index contributed by atoms with van der Waals surface area (Å²) in [6.45, 7) is 5.62. The lowest BCUT2D eigenvalue weighted by Gasteiger charge is -2.26. The summed E-state index contributed by atoms with van der Waals surface area (Å²) >= 11 is 0. The van der Waals surface area contributed by atoms with E-state index in [2.05, 4.69) is 6.58 Å². The van der Waals surface area contributed by atoms with Gasteiger partial charge >= 0.3 is 0 Å². The summed E-state index contributed by atoms with van der Waals surface area (Å²) < 4.78 is 16.5. The first-order chi connectivity index (χ1) is 13.0. The van der Waals surface area contributed by atoms with Crippen LogP contribution in [-0.4, -0.2) is 38.7 Å². The van der Waals surface area contributed by atoms with Crippen molar-refractivity contribution in [2.75, 3.05) is 27.9 Å². The Morgan fingerprint density at radius 2 is 1.81 bits per heavy atom. The molecule has 2 aromatic rings. The van der Waals surface area contributed by atoms with Crippen LogP contribution in [-0.2, 0) is 11.2 Å². The fourth-order valence-electron chi connectivity index (χ4n) is 2.80. The maximum absolute atomic E-state index is 12.6. The first kappa shape index (κ1) is 20.4. The molecule has 5 nitrogen and oxygen atoms in total. The van der Waals surface area contributed by atoms with E-state index in [-0.39, 0.29) is 18.6 Å². The van der Waals surface area contributed by atoms with Crippen LogP contribution in [0.1, 0.15) is 24.1 Å². The molecule has 0 saturated carbocycles. The Morgan fingerprint density at radius 3 is 2.48 bits per heavy atom. The summed E-state index contributed by atoms with van der Waals surface area (Å²) in [5.74, 6) is 1.76. The van der Waals surface area contributed by atoms with Crippen molar-refractivity contribution in [1.82, 2.24) is 4.90 Å². The van der Waals surface area contributed by atoms with Gasteiger partial charge in [0.1, 0.15) is 5.75 Å². The number of methoxy groups -OCH3 is 2. The molecule has 144 valence electrons. The van der Waals surface area contributed by atoms with E-state index < -0.39 is 0 Å². The lowest BCUT2D eigenvalue weighted by atomic mass is 10.1. The molecule has 0 aliphatic heterocycles. The first-order valence-corrected chi connectivity index (χ1v) is 8.81. The van der Waals surface area contributed by atoms with E-state index in [0.717, 1.165) is 23.3 Å². The molecular formula is C22H27NO4. The molecule has 2 aromatic carbocycles. The molecule has 0 radical (unpaired) electrons. The van der Waals surface area contributed by atoms with Gasteiger partial charge in [0, 0.05) is 12.6 Å². The van der Waals surface area contributed by atoms with Crippen LogP contribution < -0.4 is 14.2 Å². The predicted octanol–water partition coefficient (Wildman–Crippen LogP) is 4.03. The number of hydrogen-bond acceptors (Lipinski definition) is 4. The monoisotopic (exact) mass is 369 g/mol. The van der Waals surface area contributed by atoms with Crippen LogP contribution in [0.5, 0.6) is 17.2 Å². The lowest BCUT2D eigenvalue weighted by Crippen LogP contribution is -2.33. The summed E-state index contributed by atoms with van der Waals surface area (Å²) in [4.78, 5) is 14.3. The van der Waals surface area contributed by atoms with Crippen molar-refractivity contribution < 1.29 is 19.0 Å². The number of ether oxygens (including phenoxy) is 3. The Balaban J connectivity index is 2.05. The van der Waals surface area contributed by atoms with Crippen LogP contribution in [0.3, 0.4) is 0 Å². The highest BCUT2D eigenvalue weighted by molar-refractivity contribution is 5.78. The summed E-state index contributed by atoms with van der Waals surface area (Å²) in [6, 6.07) is 13.2. The van der Waals surface area contributed by atoms with Gasteiger partial charge in [0.2, 0.25) is 0 Å². The zero-order chi connectivity index (χ0) is 19.8. The topological polar surface area (TPSA) is 48.0 Å². The molecule has 0 heterocycles. The third kappa shape index (κ3) is 5.03. The number of likely N-dealkylation sites (N-methyl/N-ethyl adjacent to an activating group) is 1. The Hall–Kier alpha value is -2.95. The highest BCUT2D eigenvalue weighted by Gasteiger charge is 2.21. The number of allylic oxidation sites excluding steroid dienone is 1. The molecule has 1 unspecified atom stereocenters. The summed E-state index contributed by atoms with van der Waals surface area (Å²) in [7, 11) is 4.96. The van der Waals surface area contributed by atoms with Crippen LogP contribution >= 0.6 is 0 Å². The second-order valence-electron chi connectivity index (χ2n) is 6.19. The summed E-state index contributed by atoms with van der Waals surface area (Å²) in [5, 5.41) is 0. The van der Waals surface area contributed by atoms with E-state index in [1.54, 1.807) is 26.2 Å². The van der Waals surface area contributed by atoms with E-state index >= 15 is 0 Å². The minimum absolute atomic E-state index is 0.0762. The van der Waals surface area contributed by atoms with Gasteiger partial charge in [-0.2, -0.15) is 0 Å². The van der Waals surface area contributed by atoms with Crippen molar-refractivity contribution in [3.8, 4) is 17.2 Å². The third-order valence-electron chi connectivity index (χ3n) is 4.52. The standard InChI is InChI=1S/C22H27NO4/c1-6-9-17-12-13-20(21(14-17)26-5)27-15-22(24)23(3)16(2)18-10-7-8-11-19(18)25-4/h6-8,10-14,16H,1,9,15H2,2-5H3. The molecule has 5 heteroatoms. The van der Waals surface area contributed by atoms with Gasteiger partial charge in [-0.3, -0.25) is 4.79 Å². The molecule has 0 fully saturated rings. The maximum atomic E-state index is 12.6. The minimum Gasteiger partial charge on any atom is -0.496 e. The Labute approximate surface area is 161 Å². The molecule has 1 amide bonds. The van der Waals surface area contributed by atoms with Crippen LogP contribution in [0.25, 0.3) is 0 Å². The number of benzene rings is 2. The van der Waals surface area contributed by atoms with Gasteiger partial charge in [0.15, 0.2) is 18.1 Å². The van der Waals surface area contributed by atoms with Crippen molar-refractivity contribution in [1.29, 1.82) is 0 Å². The van der Waals surface area contributed by atoms with Crippen molar-refractivity contribution in [2.45, 2.75) is 19.4 Å². The Kier molecular flexibility index (Phi) is 7.29. The van der Waals surface area contributed by atoms with Crippen molar-refractivity contribution in [3.63, 3.8) is 0 Å². The molecule has 27 heavy (non-hydrogen) atoms. The average Bonchev–Trinajstić information content (AvgIpc) is 2.71. The quantitative estimate of drug-likeness (QED) is 0.626. The van der Waals surface area contributed by atoms with E-state index in [1.807, 2.05) is 55.5 Å². The fourth-order valence-corrected chi connectivity index (χ4v) is 2.80. The predicted molar refractivity (Wildman–Crippen MR) is 107 cm³/mol. The lowest BCUT2D eigenvalue weighted by molar-refractivity contribution is -0.134. The van der Waals surface area contributed by atoms with E-state index in [1.165, 1.54) is 0 Å². The van der Waals surface area contributed by atoms with Crippen molar-refractivity contribution in [3.05, 3.63) is 66.2 Å². The number of carbonyl (C=O) groups excluding carboxylic acids is 1. The highest BCUT2D eigenvalue weighted by Crippen LogP contribution is 2.30. The smallest absolute Gasteiger partial charge is 0.260 e. The number of carbonyl (C=O) groups is 1. The first-order valence-electron chi connectivity index (χ1n) is 8.81. The Bertz CT molecular complexity index is 788. The fraction of sp³-hybridized carbons (Fsp3) is 0.318. The van der Waals surface area contributed by atoms with Crippen LogP contribution in [0, 0.1) is 0 Å². The van der Waals surface area contributed by atoms with Gasteiger partial charge in [0.05, 0.1) is 20.3 Å². The molecule has 0 spiro atoms. The van der Waals surface area contributed by atoms with Gasteiger partial charge < -0.3 is 19.1 Å². The SMILES string of the molecule is C=CCc1ccc(OCC(=O)N(C)C(C)c2ccccc2OC)c(OC)c1.